The van der Waals surface area contributed by atoms with E-state index in [1.165, 1.54) is 11.0 Å². The van der Waals surface area contributed by atoms with Crippen LogP contribution in [0.3, 0.4) is 0 Å². The molecule has 0 saturated heterocycles. The highest BCUT2D eigenvalue weighted by atomic mass is 127. The van der Waals surface area contributed by atoms with Crippen molar-refractivity contribution in [1.29, 1.82) is 5.26 Å². The van der Waals surface area contributed by atoms with Crippen molar-refractivity contribution in [3.63, 3.8) is 0 Å². The van der Waals surface area contributed by atoms with Gasteiger partial charge in [0, 0.05) is 29.3 Å². The Kier molecular flexibility index (Phi) is 4.81. The molecule has 2 aromatic rings. The summed E-state index contributed by atoms with van der Waals surface area (Å²) in [5.74, 6) is 0.840. The van der Waals surface area contributed by atoms with Crippen molar-refractivity contribution in [3.05, 3.63) is 51.3 Å². The lowest BCUT2D eigenvalue weighted by atomic mass is 10.2. The smallest absolute Gasteiger partial charge is 0.264 e. The monoisotopic (exact) mass is 392 g/mol. The average Bonchev–Trinajstić information content (AvgIpc) is 2.93. The molecule has 5 heteroatoms. The molecule has 1 aromatic heterocycles. The number of carbonyl (C=O) groups excluding carboxylic acids is 1. The van der Waals surface area contributed by atoms with E-state index in [2.05, 4.69) is 22.6 Å². The summed E-state index contributed by atoms with van der Waals surface area (Å²) in [6.07, 6.45) is 1.46. The molecule has 0 saturated carbocycles. The van der Waals surface area contributed by atoms with E-state index in [1.54, 1.807) is 20.2 Å². The maximum atomic E-state index is 11.8. The van der Waals surface area contributed by atoms with Crippen molar-refractivity contribution in [2.75, 3.05) is 14.1 Å². The average molecular weight is 392 g/mol. The molecule has 0 bridgehead atoms. The number of halogens is 1. The summed E-state index contributed by atoms with van der Waals surface area (Å²) in [6.45, 7) is 0. The van der Waals surface area contributed by atoms with Crippen LogP contribution in [-0.4, -0.2) is 24.9 Å². The van der Waals surface area contributed by atoms with Crippen LogP contribution in [0.25, 0.3) is 17.4 Å². The summed E-state index contributed by atoms with van der Waals surface area (Å²) in [5, 5.41) is 9.05. The number of hydrogen-bond donors (Lipinski definition) is 0. The fourth-order valence-electron chi connectivity index (χ4n) is 1.72. The highest BCUT2D eigenvalue weighted by molar-refractivity contribution is 14.1. The molecule has 0 N–H and O–H groups in total. The minimum Gasteiger partial charge on any atom is -0.457 e. The van der Waals surface area contributed by atoms with E-state index >= 15 is 0 Å². The first-order valence-corrected chi connectivity index (χ1v) is 7.28. The number of furan rings is 1. The van der Waals surface area contributed by atoms with Crippen LogP contribution in [0.1, 0.15) is 5.76 Å². The Labute approximate surface area is 136 Å². The van der Waals surface area contributed by atoms with Crippen LogP contribution in [0.2, 0.25) is 0 Å². The fraction of sp³-hybridized carbons (Fsp3) is 0.125. The Morgan fingerprint density at radius 2 is 1.90 bits per heavy atom. The molecule has 0 aliphatic carbocycles. The van der Waals surface area contributed by atoms with E-state index in [4.69, 9.17) is 9.68 Å². The molecule has 1 amide bonds. The molecular weight excluding hydrogens is 379 g/mol. The molecule has 0 aliphatic heterocycles. The van der Waals surface area contributed by atoms with Crippen molar-refractivity contribution in [2.24, 2.45) is 0 Å². The number of carbonyl (C=O) groups is 1. The zero-order valence-electron chi connectivity index (χ0n) is 11.6. The molecule has 21 heavy (non-hydrogen) atoms. The van der Waals surface area contributed by atoms with Crippen molar-refractivity contribution in [2.45, 2.75) is 0 Å². The Hall–Kier alpha value is -2.07. The standard InChI is InChI=1S/C16H13IN2O2/c1-19(2)16(20)12(10-18)9-14-7-8-15(21-14)11-3-5-13(17)6-4-11/h3-9H,1-2H3/b12-9-. The second kappa shape index (κ2) is 6.59. The van der Waals surface area contributed by atoms with Crippen LogP contribution < -0.4 is 0 Å². The van der Waals surface area contributed by atoms with Crippen LogP contribution >= 0.6 is 22.6 Å². The molecule has 1 aromatic carbocycles. The third-order valence-electron chi connectivity index (χ3n) is 2.80. The highest BCUT2D eigenvalue weighted by Gasteiger charge is 2.12. The van der Waals surface area contributed by atoms with E-state index < -0.39 is 0 Å². The molecule has 0 atom stereocenters. The number of nitrogens with zero attached hydrogens (tertiary/aromatic N) is 2. The Balaban J connectivity index is 2.29. The summed E-state index contributed by atoms with van der Waals surface area (Å²) in [6, 6.07) is 13.4. The van der Waals surface area contributed by atoms with Crippen LogP contribution in [0.15, 0.2) is 46.4 Å². The zero-order valence-corrected chi connectivity index (χ0v) is 13.8. The lowest BCUT2D eigenvalue weighted by Crippen LogP contribution is -2.22. The molecule has 0 spiro atoms. The highest BCUT2D eigenvalue weighted by Crippen LogP contribution is 2.24. The van der Waals surface area contributed by atoms with Gasteiger partial charge in [-0.25, -0.2) is 0 Å². The molecule has 0 aliphatic rings. The summed E-state index contributed by atoms with van der Waals surface area (Å²) < 4.78 is 6.82. The Morgan fingerprint density at radius 3 is 2.48 bits per heavy atom. The second-order valence-corrected chi connectivity index (χ2v) is 5.82. The number of amides is 1. The lowest BCUT2D eigenvalue weighted by molar-refractivity contribution is -0.124. The summed E-state index contributed by atoms with van der Waals surface area (Å²) >= 11 is 2.24. The van der Waals surface area contributed by atoms with Gasteiger partial charge in [0.1, 0.15) is 23.2 Å². The first kappa shape index (κ1) is 15.3. The number of nitriles is 1. The van der Waals surface area contributed by atoms with Gasteiger partial charge in [-0.3, -0.25) is 4.79 Å². The maximum Gasteiger partial charge on any atom is 0.264 e. The second-order valence-electron chi connectivity index (χ2n) is 4.58. The van der Waals surface area contributed by atoms with Gasteiger partial charge in [0.2, 0.25) is 0 Å². The van der Waals surface area contributed by atoms with Gasteiger partial charge in [-0.2, -0.15) is 5.26 Å². The van der Waals surface area contributed by atoms with Crippen molar-refractivity contribution < 1.29 is 9.21 Å². The van der Waals surface area contributed by atoms with E-state index in [0.29, 0.717) is 11.5 Å². The van der Waals surface area contributed by atoms with Gasteiger partial charge < -0.3 is 9.32 Å². The largest absolute Gasteiger partial charge is 0.457 e. The lowest BCUT2D eigenvalue weighted by Gasteiger charge is -2.07. The van der Waals surface area contributed by atoms with Crippen LogP contribution in [0, 0.1) is 14.9 Å². The Bertz CT molecular complexity index is 721. The number of hydrogen-bond acceptors (Lipinski definition) is 3. The summed E-state index contributed by atoms with van der Waals surface area (Å²) in [5.41, 5.74) is 0.996. The minimum atomic E-state index is -0.343. The minimum absolute atomic E-state index is 0.0449. The number of likely N-dealkylation sites (N-methyl/N-ethyl adjacent to an activating group) is 1. The topological polar surface area (TPSA) is 57.2 Å². The number of rotatable bonds is 3. The van der Waals surface area contributed by atoms with Gasteiger partial charge in [-0.05, 0) is 46.9 Å². The van der Waals surface area contributed by atoms with E-state index in [9.17, 15) is 4.79 Å². The van der Waals surface area contributed by atoms with Crippen LogP contribution in [0.5, 0.6) is 0 Å². The third-order valence-corrected chi connectivity index (χ3v) is 3.52. The molecule has 4 nitrogen and oxygen atoms in total. The van der Waals surface area contributed by atoms with Gasteiger partial charge in [0.05, 0.1) is 0 Å². The van der Waals surface area contributed by atoms with E-state index in [1.807, 2.05) is 36.4 Å². The van der Waals surface area contributed by atoms with Gasteiger partial charge in [0.15, 0.2) is 0 Å². The van der Waals surface area contributed by atoms with Crippen molar-refractivity contribution >= 4 is 34.6 Å². The third kappa shape index (κ3) is 3.73. The molecule has 106 valence electrons. The van der Waals surface area contributed by atoms with E-state index in [-0.39, 0.29) is 11.5 Å². The van der Waals surface area contributed by atoms with Crippen molar-refractivity contribution in [3.8, 4) is 17.4 Å². The molecule has 0 radical (unpaired) electrons. The number of benzene rings is 1. The van der Waals surface area contributed by atoms with Gasteiger partial charge in [-0.15, -0.1) is 0 Å². The van der Waals surface area contributed by atoms with Crippen molar-refractivity contribution in [1.82, 2.24) is 4.90 Å². The first-order valence-electron chi connectivity index (χ1n) is 6.20. The molecule has 0 unspecified atom stereocenters. The molecule has 0 fully saturated rings. The van der Waals surface area contributed by atoms with Crippen LogP contribution in [-0.2, 0) is 4.79 Å². The Morgan fingerprint density at radius 1 is 1.24 bits per heavy atom. The zero-order chi connectivity index (χ0) is 15.4. The SMILES string of the molecule is CN(C)C(=O)/C(C#N)=C\c1ccc(-c2ccc(I)cc2)o1. The normalized spacial score (nSPS) is 11.0. The summed E-state index contributed by atoms with van der Waals surface area (Å²) in [4.78, 5) is 13.1. The predicted molar refractivity (Wildman–Crippen MR) is 89.1 cm³/mol. The van der Waals surface area contributed by atoms with Gasteiger partial charge >= 0.3 is 0 Å². The molecule has 2 rings (SSSR count). The van der Waals surface area contributed by atoms with Crippen LogP contribution in [0.4, 0.5) is 0 Å². The quantitative estimate of drug-likeness (QED) is 0.456. The van der Waals surface area contributed by atoms with E-state index in [0.717, 1.165) is 9.13 Å². The van der Waals surface area contributed by atoms with Gasteiger partial charge in [0.25, 0.3) is 5.91 Å². The predicted octanol–water partition coefficient (Wildman–Crippen LogP) is 3.55. The first-order chi connectivity index (χ1) is 10.0. The summed E-state index contributed by atoms with van der Waals surface area (Å²) in [7, 11) is 3.21. The van der Waals surface area contributed by atoms with Gasteiger partial charge in [-0.1, -0.05) is 12.1 Å². The molecular formula is C16H13IN2O2. The fourth-order valence-corrected chi connectivity index (χ4v) is 2.08. The molecule has 1 heterocycles. The maximum absolute atomic E-state index is 11.8.